The van der Waals surface area contributed by atoms with Crippen LogP contribution < -0.4 is 10.6 Å². The lowest BCUT2D eigenvalue weighted by Gasteiger charge is -2.11. The maximum Gasteiger partial charge on any atom is 0.274 e. The largest absolute Gasteiger partial charge is 0.384 e. The number of aromatic nitrogens is 1. The number of carbonyl (C=O) groups excluding carboxylic acids is 1. The van der Waals surface area contributed by atoms with Gasteiger partial charge in [-0.3, -0.25) is 4.79 Å². The van der Waals surface area contributed by atoms with Gasteiger partial charge in [-0.25, -0.2) is 4.98 Å². The Bertz CT molecular complexity index is 689. The standard InChI is InChI=1S/C17H20Cl2N4O/c1-23(2)9-3-8-20-13-5-7-15(21-11-13)17(24)22-16-10-12(18)4-6-14(16)19/h4-7,10-11,20H,3,8-9H2,1-2H3,(H,22,24). The van der Waals surface area contributed by atoms with Gasteiger partial charge < -0.3 is 15.5 Å². The Kier molecular flexibility index (Phi) is 6.85. The van der Waals surface area contributed by atoms with Gasteiger partial charge in [-0.15, -0.1) is 0 Å². The predicted octanol–water partition coefficient (Wildman–Crippen LogP) is 4.00. The molecule has 0 saturated carbocycles. The van der Waals surface area contributed by atoms with Crippen LogP contribution in [0.3, 0.4) is 0 Å². The van der Waals surface area contributed by atoms with Gasteiger partial charge in [-0.2, -0.15) is 0 Å². The van der Waals surface area contributed by atoms with Crippen molar-refractivity contribution in [1.29, 1.82) is 0 Å². The van der Waals surface area contributed by atoms with E-state index in [4.69, 9.17) is 23.2 Å². The van der Waals surface area contributed by atoms with E-state index in [1.54, 1.807) is 30.5 Å². The molecule has 2 rings (SSSR count). The van der Waals surface area contributed by atoms with Crippen molar-refractivity contribution in [3.63, 3.8) is 0 Å². The highest BCUT2D eigenvalue weighted by molar-refractivity contribution is 6.35. The zero-order valence-electron chi connectivity index (χ0n) is 13.6. The number of amides is 1. The number of anilines is 2. The summed E-state index contributed by atoms with van der Waals surface area (Å²) >= 11 is 11.9. The lowest BCUT2D eigenvalue weighted by Crippen LogP contribution is -2.17. The topological polar surface area (TPSA) is 57.3 Å². The summed E-state index contributed by atoms with van der Waals surface area (Å²) in [6.45, 7) is 1.87. The Labute approximate surface area is 152 Å². The Morgan fingerprint density at radius 2 is 2.00 bits per heavy atom. The molecule has 128 valence electrons. The van der Waals surface area contributed by atoms with Gasteiger partial charge >= 0.3 is 0 Å². The number of carbonyl (C=O) groups is 1. The monoisotopic (exact) mass is 366 g/mol. The van der Waals surface area contributed by atoms with E-state index in [2.05, 4.69) is 20.5 Å². The average Bonchev–Trinajstić information content (AvgIpc) is 2.55. The van der Waals surface area contributed by atoms with Crippen molar-refractivity contribution in [1.82, 2.24) is 9.88 Å². The van der Waals surface area contributed by atoms with Crippen LogP contribution in [-0.4, -0.2) is 43.0 Å². The zero-order valence-corrected chi connectivity index (χ0v) is 15.2. The van der Waals surface area contributed by atoms with Crippen LogP contribution in [0, 0.1) is 0 Å². The predicted molar refractivity (Wildman–Crippen MR) is 100 cm³/mol. The maximum absolute atomic E-state index is 12.2. The molecule has 0 bridgehead atoms. The molecule has 0 atom stereocenters. The summed E-state index contributed by atoms with van der Waals surface area (Å²) in [6.07, 6.45) is 2.67. The van der Waals surface area contributed by atoms with Gasteiger partial charge in [0.15, 0.2) is 0 Å². The molecule has 1 aromatic carbocycles. The summed E-state index contributed by atoms with van der Waals surface area (Å²) in [5, 5.41) is 6.90. The Balaban J connectivity index is 1.92. The SMILES string of the molecule is CN(C)CCCNc1ccc(C(=O)Nc2cc(Cl)ccc2Cl)nc1. The number of hydrogen-bond acceptors (Lipinski definition) is 4. The van der Waals surface area contributed by atoms with Crippen LogP contribution >= 0.6 is 23.2 Å². The number of nitrogens with zero attached hydrogens (tertiary/aromatic N) is 2. The molecule has 7 heteroatoms. The van der Waals surface area contributed by atoms with Crippen LogP contribution in [0.25, 0.3) is 0 Å². The van der Waals surface area contributed by atoms with Crippen molar-refractivity contribution in [2.24, 2.45) is 0 Å². The van der Waals surface area contributed by atoms with Crippen molar-refractivity contribution in [2.75, 3.05) is 37.8 Å². The minimum Gasteiger partial charge on any atom is -0.384 e. The van der Waals surface area contributed by atoms with Gasteiger partial charge in [-0.1, -0.05) is 23.2 Å². The summed E-state index contributed by atoms with van der Waals surface area (Å²) in [4.78, 5) is 18.5. The van der Waals surface area contributed by atoms with Gasteiger partial charge in [-0.05, 0) is 57.4 Å². The Hall–Kier alpha value is -1.82. The van der Waals surface area contributed by atoms with E-state index >= 15 is 0 Å². The summed E-state index contributed by atoms with van der Waals surface area (Å²) in [5.41, 5.74) is 1.65. The highest BCUT2D eigenvalue weighted by Crippen LogP contribution is 2.25. The molecular formula is C17H20Cl2N4O. The Morgan fingerprint density at radius 3 is 2.67 bits per heavy atom. The molecule has 5 nitrogen and oxygen atoms in total. The second-order valence-corrected chi connectivity index (χ2v) is 6.44. The lowest BCUT2D eigenvalue weighted by molar-refractivity contribution is 0.102. The van der Waals surface area contributed by atoms with Crippen LogP contribution in [0.4, 0.5) is 11.4 Å². The van der Waals surface area contributed by atoms with E-state index in [-0.39, 0.29) is 5.91 Å². The molecule has 0 unspecified atom stereocenters. The second-order valence-electron chi connectivity index (χ2n) is 5.59. The summed E-state index contributed by atoms with van der Waals surface area (Å²) in [5.74, 6) is -0.335. The molecule has 1 heterocycles. The van der Waals surface area contributed by atoms with Crippen LogP contribution in [0.15, 0.2) is 36.5 Å². The lowest BCUT2D eigenvalue weighted by atomic mass is 10.2. The molecule has 24 heavy (non-hydrogen) atoms. The van der Waals surface area contributed by atoms with Gasteiger partial charge in [0, 0.05) is 11.6 Å². The number of nitrogens with one attached hydrogen (secondary N) is 2. The average molecular weight is 367 g/mol. The zero-order chi connectivity index (χ0) is 17.5. The Morgan fingerprint density at radius 1 is 1.21 bits per heavy atom. The van der Waals surface area contributed by atoms with E-state index in [1.165, 1.54) is 0 Å². The molecule has 2 N–H and O–H groups in total. The third-order valence-corrected chi connectivity index (χ3v) is 3.85. The maximum atomic E-state index is 12.2. The smallest absolute Gasteiger partial charge is 0.274 e. The van der Waals surface area contributed by atoms with Crippen LogP contribution in [-0.2, 0) is 0 Å². The minimum atomic E-state index is -0.335. The van der Waals surface area contributed by atoms with E-state index in [1.807, 2.05) is 20.2 Å². The van der Waals surface area contributed by atoms with Crippen LogP contribution in [0.1, 0.15) is 16.9 Å². The van der Waals surface area contributed by atoms with Crippen molar-refractivity contribution in [3.8, 4) is 0 Å². The number of rotatable bonds is 7. The number of pyridine rings is 1. The summed E-state index contributed by atoms with van der Waals surface area (Å²) in [7, 11) is 4.09. The van der Waals surface area contributed by atoms with Gasteiger partial charge in [0.2, 0.25) is 0 Å². The van der Waals surface area contributed by atoms with Gasteiger partial charge in [0.25, 0.3) is 5.91 Å². The molecular weight excluding hydrogens is 347 g/mol. The van der Waals surface area contributed by atoms with Crippen molar-refractivity contribution < 1.29 is 4.79 Å². The molecule has 1 amide bonds. The van der Waals surface area contributed by atoms with E-state index in [0.29, 0.717) is 21.4 Å². The van der Waals surface area contributed by atoms with E-state index < -0.39 is 0 Å². The molecule has 0 spiro atoms. The molecule has 1 aromatic heterocycles. The molecule has 2 aromatic rings. The molecule has 0 saturated heterocycles. The highest BCUT2D eigenvalue weighted by atomic mass is 35.5. The third kappa shape index (κ3) is 5.67. The first-order valence-corrected chi connectivity index (χ1v) is 8.32. The summed E-state index contributed by atoms with van der Waals surface area (Å²) in [6, 6.07) is 8.39. The quantitative estimate of drug-likeness (QED) is 0.727. The van der Waals surface area contributed by atoms with Crippen LogP contribution in [0.5, 0.6) is 0 Å². The third-order valence-electron chi connectivity index (χ3n) is 3.28. The highest BCUT2D eigenvalue weighted by Gasteiger charge is 2.10. The first-order chi connectivity index (χ1) is 11.5. The first kappa shape index (κ1) is 18.5. The first-order valence-electron chi connectivity index (χ1n) is 7.57. The normalized spacial score (nSPS) is 10.7. The fourth-order valence-corrected chi connectivity index (χ4v) is 2.38. The number of hydrogen-bond donors (Lipinski definition) is 2. The molecule has 0 fully saturated rings. The fraction of sp³-hybridized carbons (Fsp3) is 0.294. The van der Waals surface area contributed by atoms with Crippen LogP contribution in [0.2, 0.25) is 10.0 Å². The van der Waals surface area contributed by atoms with Gasteiger partial charge in [0.1, 0.15) is 5.69 Å². The molecule has 0 aliphatic heterocycles. The second kappa shape index (κ2) is 8.87. The van der Waals surface area contributed by atoms with E-state index in [0.717, 1.165) is 25.2 Å². The number of halogens is 2. The molecule has 0 aliphatic rings. The van der Waals surface area contributed by atoms with Crippen molar-refractivity contribution in [3.05, 3.63) is 52.3 Å². The number of benzene rings is 1. The van der Waals surface area contributed by atoms with E-state index in [9.17, 15) is 4.79 Å². The minimum absolute atomic E-state index is 0.310. The van der Waals surface area contributed by atoms with Crippen molar-refractivity contribution >= 4 is 40.5 Å². The summed E-state index contributed by atoms with van der Waals surface area (Å²) < 4.78 is 0. The molecule has 0 radical (unpaired) electrons. The van der Waals surface area contributed by atoms with Gasteiger partial charge in [0.05, 0.1) is 22.6 Å². The van der Waals surface area contributed by atoms with Crippen molar-refractivity contribution in [2.45, 2.75) is 6.42 Å². The fourth-order valence-electron chi connectivity index (χ4n) is 2.04. The molecule has 0 aliphatic carbocycles.